The van der Waals surface area contributed by atoms with Crippen LogP contribution >= 0.6 is 23.4 Å². The first kappa shape index (κ1) is 18.3. The Balaban J connectivity index is 1.83. The summed E-state index contributed by atoms with van der Waals surface area (Å²) in [6.07, 6.45) is 3.53. The van der Waals surface area contributed by atoms with Crippen LogP contribution in [0.25, 0.3) is 6.08 Å². The van der Waals surface area contributed by atoms with Crippen molar-refractivity contribution in [1.29, 1.82) is 0 Å². The van der Waals surface area contributed by atoms with E-state index in [4.69, 9.17) is 16.3 Å². The molecule has 2 aromatic carbocycles. The average molecular weight is 385 g/mol. The lowest BCUT2D eigenvalue weighted by molar-refractivity contribution is -0.121. The van der Waals surface area contributed by atoms with Gasteiger partial charge in [0.2, 0.25) is 0 Å². The SMILES string of the molecule is C=CCOc1cccc(C=C2SC(=Nc3ccc(Cl)cc3)N(C)C2=O)c1. The molecule has 1 heterocycles. The van der Waals surface area contributed by atoms with Crippen LogP contribution in [-0.4, -0.2) is 29.6 Å². The van der Waals surface area contributed by atoms with Crippen molar-refractivity contribution in [3.05, 3.63) is 76.7 Å². The van der Waals surface area contributed by atoms with E-state index in [1.165, 1.54) is 11.8 Å². The lowest BCUT2D eigenvalue weighted by Gasteiger charge is -2.07. The standard InChI is InChI=1S/C20H17ClN2O2S/c1-3-11-25-17-6-4-5-14(12-17)13-18-19(24)23(2)20(26-18)22-16-9-7-15(21)8-10-16/h3-10,12-13H,1,11H2,2H3. The first-order valence-corrected chi connectivity index (χ1v) is 9.12. The molecule has 0 aliphatic carbocycles. The summed E-state index contributed by atoms with van der Waals surface area (Å²) in [6.45, 7) is 4.07. The van der Waals surface area contributed by atoms with E-state index in [1.807, 2.05) is 42.5 Å². The highest BCUT2D eigenvalue weighted by Crippen LogP contribution is 2.33. The van der Waals surface area contributed by atoms with E-state index in [2.05, 4.69) is 11.6 Å². The second-order valence-electron chi connectivity index (χ2n) is 5.52. The number of halogens is 1. The van der Waals surface area contributed by atoms with Gasteiger partial charge in [0.15, 0.2) is 5.17 Å². The maximum Gasteiger partial charge on any atom is 0.266 e. The van der Waals surface area contributed by atoms with Crippen molar-refractivity contribution in [3.63, 3.8) is 0 Å². The van der Waals surface area contributed by atoms with Gasteiger partial charge in [-0.2, -0.15) is 0 Å². The number of ether oxygens (including phenoxy) is 1. The Hall–Kier alpha value is -2.50. The molecule has 0 bridgehead atoms. The predicted octanol–water partition coefficient (Wildman–Crippen LogP) is 5.14. The molecule has 1 amide bonds. The van der Waals surface area contributed by atoms with Crippen molar-refractivity contribution in [1.82, 2.24) is 4.90 Å². The van der Waals surface area contributed by atoms with Crippen LogP contribution in [-0.2, 0) is 4.79 Å². The van der Waals surface area contributed by atoms with Crippen LogP contribution in [0.15, 0.2) is 71.1 Å². The fourth-order valence-corrected chi connectivity index (χ4v) is 3.39. The van der Waals surface area contributed by atoms with Gasteiger partial charge in [0.1, 0.15) is 12.4 Å². The Kier molecular flexibility index (Phi) is 5.81. The number of benzene rings is 2. The van der Waals surface area contributed by atoms with Gasteiger partial charge in [-0.05, 0) is 59.8 Å². The van der Waals surface area contributed by atoms with Crippen LogP contribution in [0.3, 0.4) is 0 Å². The lowest BCUT2D eigenvalue weighted by atomic mass is 10.2. The second kappa shape index (κ2) is 8.25. The van der Waals surface area contributed by atoms with E-state index >= 15 is 0 Å². The van der Waals surface area contributed by atoms with Crippen molar-refractivity contribution in [2.75, 3.05) is 13.7 Å². The molecule has 3 rings (SSSR count). The summed E-state index contributed by atoms with van der Waals surface area (Å²) in [5.74, 6) is 0.651. The van der Waals surface area contributed by atoms with Crippen molar-refractivity contribution < 1.29 is 9.53 Å². The topological polar surface area (TPSA) is 41.9 Å². The van der Waals surface area contributed by atoms with Gasteiger partial charge in [-0.25, -0.2) is 4.99 Å². The molecule has 1 aliphatic heterocycles. The molecule has 4 nitrogen and oxygen atoms in total. The second-order valence-corrected chi connectivity index (χ2v) is 6.96. The Morgan fingerprint density at radius 1 is 1.27 bits per heavy atom. The molecule has 0 N–H and O–H groups in total. The van der Waals surface area contributed by atoms with Gasteiger partial charge < -0.3 is 4.74 Å². The van der Waals surface area contributed by atoms with Crippen molar-refractivity contribution in [2.24, 2.45) is 4.99 Å². The monoisotopic (exact) mass is 384 g/mol. The minimum atomic E-state index is -0.0832. The zero-order valence-electron chi connectivity index (χ0n) is 14.2. The molecule has 26 heavy (non-hydrogen) atoms. The lowest BCUT2D eigenvalue weighted by Crippen LogP contribution is -2.23. The first-order chi connectivity index (χ1) is 12.6. The molecule has 1 fully saturated rings. The minimum absolute atomic E-state index is 0.0832. The highest BCUT2D eigenvalue weighted by molar-refractivity contribution is 8.18. The molecule has 0 spiro atoms. The maximum absolute atomic E-state index is 12.5. The van der Waals surface area contributed by atoms with Gasteiger partial charge >= 0.3 is 0 Å². The molecule has 0 radical (unpaired) electrons. The summed E-state index contributed by atoms with van der Waals surface area (Å²) in [4.78, 5) is 19.2. The number of carbonyl (C=O) groups excluding carboxylic acids is 1. The van der Waals surface area contributed by atoms with Crippen LogP contribution in [0.4, 0.5) is 5.69 Å². The molecular formula is C20H17ClN2O2S. The fraction of sp³-hybridized carbons (Fsp3) is 0.100. The van der Waals surface area contributed by atoms with Crippen molar-refractivity contribution in [3.8, 4) is 5.75 Å². The number of nitrogens with zero attached hydrogens (tertiary/aromatic N) is 2. The summed E-state index contributed by atoms with van der Waals surface area (Å²) in [6, 6.07) is 14.7. The number of hydrogen-bond acceptors (Lipinski definition) is 4. The van der Waals surface area contributed by atoms with Gasteiger partial charge in [0.25, 0.3) is 5.91 Å². The maximum atomic E-state index is 12.5. The van der Waals surface area contributed by atoms with Crippen LogP contribution in [0.5, 0.6) is 5.75 Å². The molecule has 0 saturated carbocycles. The smallest absolute Gasteiger partial charge is 0.266 e. The summed E-state index contributed by atoms with van der Waals surface area (Å²) in [7, 11) is 1.72. The predicted molar refractivity (Wildman–Crippen MR) is 109 cm³/mol. The summed E-state index contributed by atoms with van der Waals surface area (Å²) in [5.41, 5.74) is 1.64. The Morgan fingerprint density at radius 2 is 2.04 bits per heavy atom. The molecule has 2 aromatic rings. The van der Waals surface area contributed by atoms with Gasteiger partial charge in [0.05, 0.1) is 10.6 Å². The van der Waals surface area contributed by atoms with Crippen LogP contribution in [0.1, 0.15) is 5.56 Å². The number of carbonyl (C=O) groups is 1. The molecular weight excluding hydrogens is 368 g/mol. The third-order valence-electron chi connectivity index (χ3n) is 3.58. The first-order valence-electron chi connectivity index (χ1n) is 7.92. The molecule has 132 valence electrons. The van der Waals surface area contributed by atoms with E-state index < -0.39 is 0 Å². The molecule has 0 unspecified atom stereocenters. The number of thioether (sulfide) groups is 1. The average Bonchev–Trinajstić information content (AvgIpc) is 2.90. The van der Waals surface area contributed by atoms with Gasteiger partial charge in [0, 0.05) is 12.1 Å². The number of rotatable bonds is 5. The third-order valence-corrected chi connectivity index (χ3v) is 4.89. The number of likely N-dealkylation sites (N-methyl/N-ethyl adjacent to an activating group) is 1. The van der Waals surface area contributed by atoms with E-state index in [9.17, 15) is 4.79 Å². The van der Waals surface area contributed by atoms with Gasteiger partial charge in [-0.1, -0.05) is 36.4 Å². The Morgan fingerprint density at radius 3 is 2.77 bits per heavy atom. The van der Waals surface area contributed by atoms with E-state index in [0.717, 1.165) is 17.0 Å². The molecule has 0 aromatic heterocycles. The van der Waals surface area contributed by atoms with Crippen molar-refractivity contribution in [2.45, 2.75) is 0 Å². The summed E-state index contributed by atoms with van der Waals surface area (Å²) < 4.78 is 5.53. The largest absolute Gasteiger partial charge is 0.490 e. The Bertz CT molecular complexity index is 891. The molecule has 6 heteroatoms. The van der Waals surface area contributed by atoms with Crippen LogP contribution < -0.4 is 4.74 Å². The van der Waals surface area contributed by atoms with Gasteiger partial charge in [-0.3, -0.25) is 9.69 Å². The van der Waals surface area contributed by atoms with Crippen LogP contribution in [0, 0.1) is 0 Å². The minimum Gasteiger partial charge on any atom is -0.490 e. The highest BCUT2D eigenvalue weighted by Gasteiger charge is 2.30. The normalized spacial score (nSPS) is 17.2. The number of aliphatic imine (C=N–C) groups is 1. The highest BCUT2D eigenvalue weighted by atomic mass is 35.5. The molecule has 0 atom stereocenters. The van der Waals surface area contributed by atoms with E-state index in [0.29, 0.717) is 21.7 Å². The summed E-state index contributed by atoms with van der Waals surface area (Å²) in [5, 5.41) is 1.28. The van der Waals surface area contributed by atoms with E-state index in [1.54, 1.807) is 30.2 Å². The zero-order chi connectivity index (χ0) is 18.5. The van der Waals surface area contributed by atoms with E-state index in [-0.39, 0.29) is 5.91 Å². The summed E-state index contributed by atoms with van der Waals surface area (Å²) >= 11 is 7.24. The molecule has 1 aliphatic rings. The Labute approximate surface area is 161 Å². The van der Waals surface area contributed by atoms with Crippen LogP contribution in [0.2, 0.25) is 5.02 Å². The fourth-order valence-electron chi connectivity index (χ4n) is 2.28. The molecule has 1 saturated heterocycles. The number of amidine groups is 1. The number of hydrogen-bond donors (Lipinski definition) is 0. The third kappa shape index (κ3) is 4.36. The van der Waals surface area contributed by atoms with Gasteiger partial charge in [-0.15, -0.1) is 0 Å². The zero-order valence-corrected chi connectivity index (χ0v) is 15.8. The quantitative estimate of drug-likeness (QED) is 0.529. The number of amides is 1. The van der Waals surface area contributed by atoms with Crippen molar-refractivity contribution >= 4 is 46.2 Å².